The average molecular weight is 628 g/mol. The molecule has 0 amide bonds. The van der Waals surface area contributed by atoms with Crippen LogP contribution >= 0.6 is 11.8 Å². The number of carbonyl (C=O) groups excluding carboxylic acids is 2. The first kappa shape index (κ1) is 28.3. The molecule has 15 heteroatoms. The Morgan fingerprint density at radius 2 is 1.93 bits per heavy atom. The number of ether oxygens (including phenoxy) is 4. The summed E-state index contributed by atoms with van der Waals surface area (Å²) in [5.41, 5.74) is 2.55. The topological polar surface area (TPSA) is 153 Å². The van der Waals surface area contributed by atoms with Crippen LogP contribution in [0.2, 0.25) is 0 Å². The van der Waals surface area contributed by atoms with Crippen molar-refractivity contribution in [1.29, 1.82) is 0 Å². The fraction of sp³-hybridized carbons (Fsp3) is 0.345. The minimum absolute atomic E-state index is 0.0950. The normalized spacial score (nSPS) is 18.7. The van der Waals surface area contributed by atoms with E-state index in [0.29, 0.717) is 62.0 Å². The molecule has 0 fully saturated rings. The number of nitrogens with one attached hydrogen (secondary N) is 4. The summed E-state index contributed by atoms with van der Waals surface area (Å²) in [6.07, 6.45) is -3.72. The molecule has 3 aliphatic heterocycles. The molecule has 1 unspecified atom stereocenters. The van der Waals surface area contributed by atoms with Gasteiger partial charge in [-0.2, -0.15) is 0 Å². The molecule has 0 bridgehead atoms. The number of aromatic nitrogens is 3. The Hall–Kier alpha value is -4.50. The van der Waals surface area contributed by atoms with Crippen molar-refractivity contribution in [2.45, 2.75) is 55.8 Å². The van der Waals surface area contributed by atoms with E-state index >= 15 is 0 Å². The Balaban J connectivity index is 1.27. The number of fused-ring (bicyclic) bond motifs is 3. The molecule has 3 aliphatic rings. The van der Waals surface area contributed by atoms with Gasteiger partial charge in [-0.05, 0) is 51.6 Å². The number of carbonyl (C=O) groups is 2. The number of esters is 1. The number of alkyl halides is 2. The van der Waals surface area contributed by atoms with Gasteiger partial charge in [-0.15, -0.1) is 8.78 Å². The van der Waals surface area contributed by atoms with Crippen LogP contribution in [0.4, 0.5) is 14.5 Å². The zero-order valence-electron chi connectivity index (χ0n) is 24.0. The second-order valence-corrected chi connectivity index (χ2v) is 12.3. The van der Waals surface area contributed by atoms with Crippen LogP contribution in [0.15, 0.2) is 50.2 Å². The van der Waals surface area contributed by atoms with Gasteiger partial charge in [0, 0.05) is 29.9 Å². The second-order valence-electron chi connectivity index (χ2n) is 11.3. The highest BCUT2D eigenvalue weighted by molar-refractivity contribution is 7.99. The van der Waals surface area contributed by atoms with E-state index in [1.165, 1.54) is 23.9 Å². The molecule has 1 aromatic carbocycles. The van der Waals surface area contributed by atoms with E-state index in [1.54, 1.807) is 19.1 Å². The number of hydrogen-bond acceptors (Lipinski definition) is 11. The van der Waals surface area contributed by atoms with Crippen LogP contribution in [0.1, 0.15) is 55.4 Å². The number of nitrogens with zero attached hydrogens (tertiary/aromatic N) is 1. The van der Waals surface area contributed by atoms with Gasteiger partial charge in [-0.3, -0.25) is 4.79 Å². The lowest BCUT2D eigenvalue weighted by molar-refractivity contribution is -0.286. The third-order valence-corrected chi connectivity index (χ3v) is 7.83. The summed E-state index contributed by atoms with van der Waals surface area (Å²) in [6.45, 7) is 8.05. The first-order valence-electron chi connectivity index (χ1n) is 13.8. The summed E-state index contributed by atoms with van der Waals surface area (Å²) < 4.78 is 53.9. The summed E-state index contributed by atoms with van der Waals surface area (Å²) in [7, 11) is 0. The van der Waals surface area contributed by atoms with Gasteiger partial charge in [0.1, 0.15) is 11.4 Å². The predicted molar refractivity (Wildman–Crippen MR) is 153 cm³/mol. The Kier molecular flexibility index (Phi) is 6.44. The van der Waals surface area contributed by atoms with Crippen LogP contribution in [0.3, 0.4) is 0 Å². The van der Waals surface area contributed by atoms with Crippen molar-refractivity contribution in [1.82, 2.24) is 20.3 Å². The molecule has 1 atom stereocenters. The smallest absolute Gasteiger partial charge is 0.473 e. The van der Waals surface area contributed by atoms with Gasteiger partial charge < -0.3 is 44.0 Å². The van der Waals surface area contributed by atoms with Crippen molar-refractivity contribution in [3.05, 3.63) is 52.6 Å². The number of ketones is 1. The van der Waals surface area contributed by atoms with E-state index in [9.17, 15) is 18.4 Å². The number of aromatic amines is 2. The Morgan fingerprint density at radius 1 is 1.16 bits per heavy atom. The third-order valence-electron chi connectivity index (χ3n) is 7.02. The van der Waals surface area contributed by atoms with Crippen LogP contribution in [0, 0.1) is 0 Å². The SMILES string of the molecule is CCOC(=O)c1[nH]c(OC(C)(C)C)c2c1NC1=C(C(=O)CNC1)C2c1ccc(Sc2nc3cc4c(cc3[nH]2)OC(F)(F)O4)o1. The zero-order valence-corrected chi connectivity index (χ0v) is 24.8. The summed E-state index contributed by atoms with van der Waals surface area (Å²) in [4.78, 5) is 37.0. The lowest BCUT2D eigenvalue weighted by Gasteiger charge is -2.32. The number of imidazole rings is 1. The molecule has 4 N–H and O–H groups in total. The van der Waals surface area contributed by atoms with Crippen LogP contribution < -0.4 is 24.8 Å². The third kappa shape index (κ3) is 4.95. The van der Waals surface area contributed by atoms with Gasteiger partial charge in [-0.25, -0.2) is 9.78 Å². The monoisotopic (exact) mass is 627 g/mol. The largest absolute Gasteiger partial charge is 0.586 e. The van der Waals surface area contributed by atoms with Gasteiger partial charge in [0.05, 0.1) is 41.4 Å². The number of rotatable bonds is 6. The second kappa shape index (κ2) is 10.0. The Morgan fingerprint density at radius 3 is 2.68 bits per heavy atom. The van der Waals surface area contributed by atoms with Gasteiger partial charge in [0.25, 0.3) is 0 Å². The number of anilines is 1. The van der Waals surface area contributed by atoms with E-state index in [4.69, 9.17) is 13.9 Å². The molecular formula is C29H27F2N5O7S. The molecular weight excluding hydrogens is 600 g/mol. The number of halogens is 2. The molecule has 3 aromatic heterocycles. The molecule has 0 aliphatic carbocycles. The fourth-order valence-electron chi connectivity index (χ4n) is 5.44. The highest BCUT2D eigenvalue weighted by Crippen LogP contribution is 2.50. The van der Waals surface area contributed by atoms with Crippen molar-refractivity contribution < 1.29 is 41.7 Å². The highest BCUT2D eigenvalue weighted by Gasteiger charge is 2.44. The molecule has 6 heterocycles. The van der Waals surface area contributed by atoms with Gasteiger partial charge in [0.2, 0.25) is 0 Å². The Labute approximate surface area is 252 Å². The van der Waals surface area contributed by atoms with Crippen LogP contribution in [-0.2, 0) is 9.53 Å². The van der Waals surface area contributed by atoms with E-state index < -0.39 is 23.8 Å². The van der Waals surface area contributed by atoms with E-state index in [1.807, 2.05) is 20.8 Å². The van der Waals surface area contributed by atoms with Crippen molar-refractivity contribution in [3.63, 3.8) is 0 Å². The minimum Gasteiger partial charge on any atom is -0.473 e. The number of furan rings is 1. The number of hydrogen-bond donors (Lipinski definition) is 4. The lowest BCUT2D eigenvalue weighted by Crippen LogP contribution is -2.39. The van der Waals surface area contributed by atoms with Gasteiger partial charge in [0.15, 0.2) is 39.1 Å². The first-order chi connectivity index (χ1) is 20.9. The standard InChI is InChI=1S/C29H27F2N5O7S/c1-5-39-26(38)24-23-22(25(36-24)43-28(2,3)4)21(20-14(33-23)10-32-11-15(20)37)16-6-7-19(40-16)44-27-34-12-8-17-18(9-13(12)35-27)42-29(30,31)41-17/h6-9,21,32-33,36H,5,10-11H2,1-4H3,(H,34,35). The van der Waals surface area contributed by atoms with E-state index in [0.717, 1.165) is 0 Å². The number of H-pyrrole nitrogens is 2. The first-order valence-corrected chi connectivity index (χ1v) is 14.6. The molecule has 230 valence electrons. The molecule has 7 rings (SSSR count). The molecule has 0 spiro atoms. The van der Waals surface area contributed by atoms with Crippen LogP contribution in [0.25, 0.3) is 11.0 Å². The lowest BCUT2D eigenvalue weighted by atomic mass is 9.81. The van der Waals surface area contributed by atoms with Crippen molar-refractivity contribution in [3.8, 4) is 17.4 Å². The van der Waals surface area contributed by atoms with Crippen LogP contribution in [-0.4, -0.2) is 58.3 Å². The molecule has 0 saturated carbocycles. The predicted octanol–water partition coefficient (Wildman–Crippen LogP) is 5.29. The summed E-state index contributed by atoms with van der Waals surface area (Å²) in [5, 5.41) is 7.26. The maximum atomic E-state index is 13.5. The maximum Gasteiger partial charge on any atom is 0.586 e. The highest BCUT2D eigenvalue weighted by atomic mass is 32.2. The summed E-state index contributed by atoms with van der Waals surface area (Å²) >= 11 is 1.17. The van der Waals surface area contributed by atoms with Crippen molar-refractivity contribution in [2.24, 2.45) is 0 Å². The molecule has 12 nitrogen and oxygen atoms in total. The summed E-state index contributed by atoms with van der Waals surface area (Å²) in [6, 6.07) is 6.28. The molecule has 0 radical (unpaired) electrons. The molecule has 4 aromatic rings. The quantitative estimate of drug-likeness (QED) is 0.206. The van der Waals surface area contributed by atoms with Crippen molar-refractivity contribution in [2.75, 3.05) is 25.0 Å². The summed E-state index contributed by atoms with van der Waals surface area (Å²) in [5.74, 6) is -0.823. The maximum absolute atomic E-state index is 13.5. The fourth-order valence-corrected chi connectivity index (χ4v) is 6.21. The minimum atomic E-state index is -3.72. The molecule has 0 saturated heterocycles. The number of benzene rings is 1. The number of Topliss-reactive ketones (excluding diaryl/α,β-unsaturated/α-hetero) is 1. The van der Waals surface area contributed by atoms with Crippen molar-refractivity contribution >= 4 is 40.2 Å². The molecule has 44 heavy (non-hydrogen) atoms. The van der Waals surface area contributed by atoms with E-state index in [-0.39, 0.29) is 36.1 Å². The Bertz CT molecular complexity index is 1820. The van der Waals surface area contributed by atoms with Crippen LogP contribution in [0.5, 0.6) is 17.4 Å². The average Bonchev–Trinajstić information content (AvgIpc) is 3.69. The van der Waals surface area contributed by atoms with E-state index in [2.05, 4.69) is 35.1 Å². The van der Waals surface area contributed by atoms with Gasteiger partial charge in [-0.1, -0.05) is 0 Å². The zero-order chi connectivity index (χ0) is 31.0. The van der Waals surface area contributed by atoms with Gasteiger partial charge >= 0.3 is 12.3 Å².